The molecule has 1 fully saturated rings. The van der Waals surface area contributed by atoms with Gasteiger partial charge in [-0.2, -0.15) is 0 Å². The molecular formula is C16H22N2O3. The highest BCUT2D eigenvalue weighted by atomic mass is 16.4. The zero-order valence-corrected chi connectivity index (χ0v) is 12.7. The maximum atomic E-state index is 12.1. The Balaban J connectivity index is 2.06. The van der Waals surface area contributed by atoms with Crippen molar-refractivity contribution in [1.29, 1.82) is 0 Å². The van der Waals surface area contributed by atoms with E-state index in [1.165, 1.54) is 0 Å². The molecule has 21 heavy (non-hydrogen) atoms. The van der Waals surface area contributed by atoms with Gasteiger partial charge in [-0.05, 0) is 51.3 Å². The highest BCUT2D eigenvalue weighted by Crippen LogP contribution is 2.25. The lowest BCUT2D eigenvalue weighted by Crippen LogP contribution is -2.37. The average Bonchev–Trinajstić information content (AvgIpc) is 2.85. The lowest BCUT2D eigenvalue weighted by molar-refractivity contribution is -0.142. The van der Waals surface area contributed by atoms with Crippen LogP contribution in [0.4, 0.5) is 10.5 Å². The minimum Gasteiger partial charge on any atom is -0.481 e. The molecule has 0 aliphatic carbocycles. The fourth-order valence-electron chi connectivity index (χ4n) is 2.52. The topological polar surface area (TPSA) is 69.6 Å². The van der Waals surface area contributed by atoms with E-state index in [0.717, 1.165) is 19.4 Å². The number of likely N-dealkylation sites (tertiary alicyclic amines) is 1. The number of hydrogen-bond acceptors (Lipinski definition) is 2. The minimum absolute atomic E-state index is 0.0924. The number of nitrogens with one attached hydrogen (secondary N) is 1. The molecule has 1 aliphatic heterocycles. The molecule has 1 aromatic carbocycles. The van der Waals surface area contributed by atoms with Crippen molar-refractivity contribution in [2.24, 2.45) is 0 Å². The van der Waals surface area contributed by atoms with E-state index in [9.17, 15) is 14.7 Å². The molecule has 0 aromatic heterocycles. The minimum atomic E-state index is -0.938. The third kappa shape index (κ3) is 3.17. The molecule has 114 valence electrons. The summed E-state index contributed by atoms with van der Waals surface area (Å²) in [4.78, 5) is 25.2. The first kappa shape index (κ1) is 15.4. The first-order valence-electron chi connectivity index (χ1n) is 7.24. The highest BCUT2D eigenvalue weighted by Gasteiger charge is 2.29. The van der Waals surface area contributed by atoms with Gasteiger partial charge >= 0.3 is 12.0 Å². The van der Waals surface area contributed by atoms with E-state index < -0.39 is 11.4 Å². The summed E-state index contributed by atoms with van der Waals surface area (Å²) in [6.45, 7) is 6.16. The Labute approximate surface area is 125 Å². The fourth-order valence-corrected chi connectivity index (χ4v) is 2.52. The van der Waals surface area contributed by atoms with Crippen LogP contribution in [0.5, 0.6) is 0 Å². The molecule has 2 amide bonds. The van der Waals surface area contributed by atoms with Gasteiger partial charge in [0, 0.05) is 18.3 Å². The SMILES string of the molecule is CC1CCCN1C(=O)Nc1ccc(C(C)(C)C(=O)O)cc1. The van der Waals surface area contributed by atoms with Crippen LogP contribution in [0.3, 0.4) is 0 Å². The standard InChI is InChI=1S/C16H22N2O3/c1-11-5-4-10-18(11)15(21)17-13-8-6-12(7-9-13)16(2,3)14(19)20/h6-9,11H,4-5,10H2,1-3H3,(H,17,21)(H,19,20). The second-order valence-electron chi connectivity index (χ2n) is 6.12. The normalized spacial score (nSPS) is 18.6. The van der Waals surface area contributed by atoms with Crippen LogP contribution in [0, 0.1) is 0 Å². The predicted molar refractivity (Wildman–Crippen MR) is 81.5 cm³/mol. The number of carbonyl (C=O) groups is 2. The van der Waals surface area contributed by atoms with Crippen LogP contribution in [0.25, 0.3) is 0 Å². The lowest BCUT2D eigenvalue weighted by Gasteiger charge is -2.23. The number of rotatable bonds is 3. The summed E-state index contributed by atoms with van der Waals surface area (Å²) in [6, 6.07) is 7.17. The van der Waals surface area contributed by atoms with Crippen LogP contribution >= 0.6 is 0 Å². The van der Waals surface area contributed by atoms with Crippen LogP contribution in [-0.4, -0.2) is 34.6 Å². The van der Waals surface area contributed by atoms with Crippen molar-refractivity contribution in [2.45, 2.75) is 45.1 Å². The number of nitrogens with zero attached hydrogens (tertiary/aromatic N) is 1. The average molecular weight is 290 g/mol. The van der Waals surface area contributed by atoms with Crippen molar-refractivity contribution < 1.29 is 14.7 Å². The first-order chi connectivity index (χ1) is 9.82. The zero-order chi connectivity index (χ0) is 15.6. The van der Waals surface area contributed by atoms with E-state index in [1.54, 1.807) is 38.1 Å². The smallest absolute Gasteiger partial charge is 0.322 e. The molecule has 0 bridgehead atoms. The van der Waals surface area contributed by atoms with Crippen molar-refractivity contribution in [3.63, 3.8) is 0 Å². The Kier molecular flexibility index (Phi) is 4.21. The van der Waals surface area contributed by atoms with Gasteiger partial charge in [-0.3, -0.25) is 4.79 Å². The van der Waals surface area contributed by atoms with Gasteiger partial charge in [0.1, 0.15) is 0 Å². The number of aliphatic carboxylic acids is 1. The van der Waals surface area contributed by atoms with Crippen molar-refractivity contribution in [2.75, 3.05) is 11.9 Å². The summed E-state index contributed by atoms with van der Waals surface area (Å²) in [5.74, 6) is -0.870. The molecule has 0 spiro atoms. The fraction of sp³-hybridized carbons (Fsp3) is 0.500. The Morgan fingerprint density at radius 3 is 2.38 bits per heavy atom. The van der Waals surface area contributed by atoms with Crippen molar-refractivity contribution in [3.05, 3.63) is 29.8 Å². The third-order valence-electron chi connectivity index (χ3n) is 4.21. The summed E-state index contributed by atoms with van der Waals surface area (Å²) in [5, 5.41) is 12.1. The number of amides is 2. The Hall–Kier alpha value is -2.04. The van der Waals surface area contributed by atoms with Gasteiger partial charge in [0.25, 0.3) is 0 Å². The number of hydrogen-bond donors (Lipinski definition) is 2. The Morgan fingerprint density at radius 1 is 1.29 bits per heavy atom. The van der Waals surface area contributed by atoms with Crippen molar-refractivity contribution >= 4 is 17.7 Å². The van der Waals surface area contributed by atoms with Gasteiger partial charge in [0.05, 0.1) is 5.41 Å². The molecule has 1 unspecified atom stereocenters. The van der Waals surface area contributed by atoms with Gasteiger partial charge in [-0.1, -0.05) is 12.1 Å². The monoisotopic (exact) mass is 290 g/mol. The molecule has 1 heterocycles. The molecule has 1 atom stereocenters. The lowest BCUT2D eigenvalue weighted by atomic mass is 9.85. The highest BCUT2D eigenvalue weighted by molar-refractivity contribution is 5.90. The van der Waals surface area contributed by atoms with Crippen LogP contribution in [-0.2, 0) is 10.2 Å². The maximum absolute atomic E-state index is 12.1. The molecule has 1 saturated heterocycles. The Morgan fingerprint density at radius 2 is 1.90 bits per heavy atom. The first-order valence-corrected chi connectivity index (χ1v) is 7.24. The molecule has 0 saturated carbocycles. The quantitative estimate of drug-likeness (QED) is 0.898. The van der Waals surface area contributed by atoms with Gasteiger partial charge in [-0.15, -0.1) is 0 Å². The third-order valence-corrected chi connectivity index (χ3v) is 4.21. The number of anilines is 1. The summed E-state index contributed by atoms with van der Waals surface area (Å²) < 4.78 is 0. The van der Waals surface area contributed by atoms with E-state index in [-0.39, 0.29) is 12.1 Å². The van der Waals surface area contributed by atoms with E-state index in [1.807, 2.05) is 11.8 Å². The largest absolute Gasteiger partial charge is 0.481 e. The number of benzene rings is 1. The van der Waals surface area contributed by atoms with Crippen LogP contribution in [0.2, 0.25) is 0 Å². The predicted octanol–water partition coefficient (Wildman–Crippen LogP) is 3.07. The molecule has 1 aliphatic rings. The number of carboxylic acid groups (broad SMARTS) is 1. The molecule has 1 aromatic rings. The van der Waals surface area contributed by atoms with E-state index in [0.29, 0.717) is 11.3 Å². The summed E-state index contributed by atoms with van der Waals surface area (Å²) in [5.41, 5.74) is 0.456. The summed E-state index contributed by atoms with van der Waals surface area (Å²) >= 11 is 0. The van der Waals surface area contributed by atoms with Crippen molar-refractivity contribution in [3.8, 4) is 0 Å². The zero-order valence-electron chi connectivity index (χ0n) is 12.7. The second-order valence-corrected chi connectivity index (χ2v) is 6.12. The van der Waals surface area contributed by atoms with Crippen LogP contribution in [0.1, 0.15) is 39.2 Å². The van der Waals surface area contributed by atoms with Gasteiger partial charge in [0.2, 0.25) is 0 Å². The molecule has 5 heteroatoms. The Bertz CT molecular complexity index is 537. The number of carboxylic acids is 1. The van der Waals surface area contributed by atoms with Crippen molar-refractivity contribution in [1.82, 2.24) is 4.90 Å². The maximum Gasteiger partial charge on any atom is 0.322 e. The van der Waals surface area contributed by atoms with Gasteiger partial charge in [0.15, 0.2) is 0 Å². The van der Waals surface area contributed by atoms with Gasteiger partial charge < -0.3 is 15.3 Å². The van der Waals surface area contributed by atoms with E-state index >= 15 is 0 Å². The molecular weight excluding hydrogens is 268 g/mol. The number of carbonyl (C=O) groups excluding carboxylic acids is 1. The second kappa shape index (κ2) is 5.76. The number of urea groups is 1. The summed E-state index contributed by atoms with van der Waals surface area (Å²) in [6.07, 6.45) is 2.08. The van der Waals surface area contributed by atoms with Crippen LogP contribution in [0.15, 0.2) is 24.3 Å². The summed E-state index contributed by atoms with van der Waals surface area (Å²) in [7, 11) is 0. The molecule has 0 radical (unpaired) electrons. The molecule has 2 N–H and O–H groups in total. The van der Waals surface area contributed by atoms with Gasteiger partial charge in [-0.25, -0.2) is 4.79 Å². The molecule has 2 rings (SSSR count). The van der Waals surface area contributed by atoms with E-state index in [4.69, 9.17) is 0 Å². The van der Waals surface area contributed by atoms with E-state index in [2.05, 4.69) is 5.32 Å². The molecule has 5 nitrogen and oxygen atoms in total. The van der Waals surface area contributed by atoms with Crippen LogP contribution < -0.4 is 5.32 Å².